The van der Waals surface area contributed by atoms with Crippen LogP contribution in [0.4, 0.5) is 10.1 Å². The van der Waals surface area contributed by atoms with Crippen LogP contribution in [-0.2, 0) is 4.74 Å². The van der Waals surface area contributed by atoms with Gasteiger partial charge in [0.25, 0.3) is 0 Å². The Balaban J connectivity index is 1.55. The lowest BCUT2D eigenvalue weighted by atomic mass is 10.1. The lowest BCUT2D eigenvalue weighted by Gasteiger charge is -2.13. The number of benzene rings is 3. The predicted octanol–water partition coefficient (Wildman–Crippen LogP) is 5.62. The first-order chi connectivity index (χ1) is 14.6. The molecule has 1 unspecified atom stereocenters. The van der Waals surface area contributed by atoms with Gasteiger partial charge in [0, 0.05) is 10.6 Å². The van der Waals surface area contributed by atoms with Gasteiger partial charge < -0.3 is 4.74 Å². The van der Waals surface area contributed by atoms with E-state index in [0.717, 1.165) is 22.4 Å². The molecule has 3 aromatic carbocycles. The molecule has 0 N–H and O–H groups in total. The Hall–Kier alpha value is -3.51. The zero-order chi connectivity index (χ0) is 20.7. The van der Waals surface area contributed by atoms with Gasteiger partial charge in [0.1, 0.15) is 11.9 Å². The number of aliphatic imine (C=N–C) groups is 2. The van der Waals surface area contributed by atoms with Crippen molar-refractivity contribution in [1.82, 2.24) is 5.01 Å². The van der Waals surface area contributed by atoms with Gasteiger partial charge in [0.05, 0.1) is 5.69 Å². The maximum atomic E-state index is 13.4. The fourth-order valence-corrected chi connectivity index (χ4v) is 3.36. The van der Waals surface area contributed by atoms with Crippen molar-refractivity contribution >= 4 is 35.0 Å². The molecule has 1 atom stereocenters. The summed E-state index contributed by atoms with van der Waals surface area (Å²) >= 11 is 5.98. The third-order valence-electron chi connectivity index (χ3n) is 4.82. The maximum Gasteiger partial charge on any atom is 0.322 e. The largest absolute Gasteiger partial charge is 0.403 e. The molecule has 0 radical (unpaired) electrons. The van der Waals surface area contributed by atoms with Crippen molar-refractivity contribution in [3.63, 3.8) is 0 Å². The summed E-state index contributed by atoms with van der Waals surface area (Å²) in [7, 11) is 0. The van der Waals surface area contributed by atoms with Crippen LogP contribution in [0.2, 0.25) is 5.02 Å². The van der Waals surface area contributed by atoms with Crippen LogP contribution >= 0.6 is 11.6 Å². The molecule has 7 heteroatoms. The van der Waals surface area contributed by atoms with Gasteiger partial charge >= 0.3 is 6.02 Å². The summed E-state index contributed by atoms with van der Waals surface area (Å²) in [5.74, 6) is 0.699. The smallest absolute Gasteiger partial charge is 0.322 e. The van der Waals surface area contributed by atoms with E-state index in [1.54, 1.807) is 29.3 Å². The normalized spacial score (nSPS) is 18.8. The maximum absolute atomic E-state index is 13.4. The monoisotopic (exact) mass is 418 g/mol. The first-order valence-corrected chi connectivity index (χ1v) is 9.76. The first-order valence-electron chi connectivity index (χ1n) is 9.38. The van der Waals surface area contributed by atoms with Crippen molar-refractivity contribution in [1.29, 1.82) is 0 Å². The third kappa shape index (κ3) is 3.46. The molecule has 0 amide bonds. The Morgan fingerprint density at radius 1 is 0.967 bits per heavy atom. The second-order valence-corrected chi connectivity index (χ2v) is 7.43. The van der Waals surface area contributed by atoms with E-state index in [1.165, 1.54) is 12.1 Å². The molecule has 0 aromatic heterocycles. The fourth-order valence-electron chi connectivity index (χ4n) is 3.24. The topological polar surface area (TPSA) is 49.6 Å². The van der Waals surface area contributed by atoms with Gasteiger partial charge in [-0.25, -0.2) is 14.4 Å². The van der Waals surface area contributed by atoms with Crippen molar-refractivity contribution in [3.8, 4) is 0 Å². The van der Waals surface area contributed by atoms with Gasteiger partial charge in [-0.05, 0) is 61.0 Å². The van der Waals surface area contributed by atoms with Crippen LogP contribution in [-0.4, -0.2) is 22.8 Å². The highest BCUT2D eigenvalue weighted by atomic mass is 35.5. The van der Waals surface area contributed by atoms with E-state index >= 15 is 0 Å². The minimum absolute atomic E-state index is 0.304. The van der Waals surface area contributed by atoms with E-state index in [4.69, 9.17) is 21.3 Å². The fraction of sp³-hybridized carbons (Fsp3) is 0.0870. The molecule has 0 saturated heterocycles. The summed E-state index contributed by atoms with van der Waals surface area (Å²) in [5, 5.41) is 6.82. The average Bonchev–Trinajstić information content (AvgIpc) is 3.30. The van der Waals surface area contributed by atoms with Crippen LogP contribution < -0.4 is 0 Å². The minimum Gasteiger partial charge on any atom is -0.403 e. The number of ether oxygens (including phenoxy) is 1. The standard InChI is InChI=1S/C23H16ClFN4O/c1-14-2-12-19(13-3-14)26-21-20(15-6-10-18(25)11-7-15)27-23-29(21)28-22(30-23)16-4-8-17(24)9-5-16/h2-13,20H,1H3. The highest BCUT2D eigenvalue weighted by molar-refractivity contribution is 6.30. The van der Waals surface area contributed by atoms with Gasteiger partial charge in [-0.1, -0.05) is 41.4 Å². The molecule has 2 heterocycles. The Morgan fingerprint density at radius 2 is 1.67 bits per heavy atom. The summed E-state index contributed by atoms with van der Waals surface area (Å²) in [6, 6.07) is 21.2. The second kappa shape index (κ2) is 7.39. The highest BCUT2D eigenvalue weighted by Crippen LogP contribution is 2.33. The van der Waals surface area contributed by atoms with Crippen LogP contribution in [0.5, 0.6) is 0 Å². The van der Waals surface area contributed by atoms with E-state index in [0.29, 0.717) is 22.8 Å². The highest BCUT2D eigenvalue weighted by Gasteiger charge is 2.40. The number of hydrazone groups is 1. The molecule has 5 rings (SSSR count). The molecule has 3 aromatic rings. The molecule has 30 heavy (non-hydrogen) atoms. The molecule has 0 fully saturated rings. The molecule has 2 aliphatic heterocycles. The van der Waals surface area contributed by atoms with Gasteiger partial charge in [-0.2, -0.15) is 5.01 Å². The number of fused-ring (bicyclic) bond motifs is 1. The Morgan fingerprint density at radius 3 is 2.37 bits per heavy atom. The van der Waals surface area contributed by atoms with E-state index in [1.807, 2.05) is 43.3 Å². The van der Waals surface area contributed by atoms with E-state index < -0.39 is 6.04 Å². The van der Waals surface area contributed by atoms with E-state index in [9.17, 15) is 4.39 Å². The zero-order valence-electron chi connectivity index (χ0n) is 16.0. The Kier molecular flexibility index (Phi) is 4.56. The molecular formula is C23H16ClFN4O. The van der Waals surface area contributed by atoms with Gasteiger partial charge in [-0.15, -0.1) is 5.10 Å². The van der Waals surface area contributed by atoms with Crippen LogP contribution in [0.15, 0.2) is 87.9 Å². The van der Waals surface area contributed by atoms with Crippen molar-refractivity contribution < 1.29 is 9.13 Å². The number of nitrogens with zero attached hydrogens (tertiary/aromatic N) is 4. The quantitative estimate of drug-likeness (QED) is 0.554. The Bertz CT molecular complexity index is 1190. The lowest BCUT2D eigenvalue weighted by Crippen LogP contribution is -2.25. The van der Waals surface area contributed by atoms with Crippen molar-refractivity contribution in [2.75, 3.05) is 0 Å². The number of amidine groups is 2. The number of halogens is 2. The summed E-state index contributed by atoms with van der Waals surface area (Å²) < 4.78 is 19.3. The Labute approximate surface area is 177 Å². The van der Waals surface area contributed by atoms with Crippen molar-refractivity contribution in [3.05, 3.63) is 100 Å². The van der Waals surface area contributed by atoms with Gasteiger partial charge in [0.15, 0.2) is 5.84 Å². The molecule has 0 aliphatic carbocycles. The minimum atomic E-state index is -0.447. The van der Waals surface area contributed by atoms with Crippen LogP contribution in [0.3, 0.4) is 0 Å². The van der Waals surface area contributed by atoms with E-state index in [-0.39, 0.29) is 5.82 Å². The summed E-state index contributed by atoms with van der Waals surface area (Å²) in [5.41, 5.74) is 3.50. The number of rotatable bonds is 3. The predicted molar refractivity (Wildman–Crippen MR) is 116 cm³/mol. The number of hydrogen-bond donors (Lipinski definition) is 0. The zero-order valence-corrected chi connectivity index (χ0v) is 16.7. The molecule has 0 spiro atoms. The molecule has 5 nitrogen and oxygen atoms in total. The average molecular weight is 419 g/mol. The third-order valence-corrected chi connectivity index (χ3v) is 5.07. The summed E-state index contributed by atoms with van der Waals surface area (Å²) in [4.78, 5) is 9.46. The molecule has 2 aliphatic rings. The lowest BCUT2D eigenvalue weighted by molar-refractivity contribution is 0.519. The van der Waals surface area contributed by atoms with Crippen molar-refractivity contribution in [2.45, 2.75) is 13.0 Å². The molecular weight excluding hydrogens is 403 g/mol. The molecule has 0 saturated carbocycles. The first kappa shape index (κ1) is 18.5. The van der Waals surface area contributed by atoms with Crippen molar-refractivity contribution in [2.24, 2.45) is 15.1 Å². The van der Waals surface area contributed by atoms with Gasteiger partial charge in [0.2, 0.25) is 5.90 Å². The number of aryl methyl sites for hydroxylation is 1. The number of hydrogen-bond acceptors (Lipinski definition) is 4. The van der Waals surface area contributed by atoms with Crippen LogP contribution in [0.1, 0.15) is 22.7 Å². The van der Waals surface area contributed by atoms with Gasteiger partial charge in [-0.3, -0.25) is 0 Å². The summed E-state index contributed by atoms with van der Waals surface area (Å²) in [6.45, 7) is 2.02. The SMILES string of the molecule is Cc1ccc(N=C2C(c3ccc(F)cc3)N=C3OC(c4ccc(Cl)cc4)=NN32)cc1. The second-order valence-electron chi connectivity index (χ2n) is 7.00. The summed E-state index contributed by atoms with van der Waals surface area (Å²) in [6.07, 6.45) is 0. The van der Waals surface area contributed by atoms with E-state index in [2.05, 4.69) is 10.1 Å². The molecule has 0 bridgehead atoms. The van der Waals surface area contributed by atoms with Crippen LogP contribution in [0.25, 0.3) is 0 Å². The molecule has 148 valence electrons. The van der Waals surface area contributed by atoms with Crippen LogP contribution in [0, 0.1) is 12.7 Å².